The number of para-hydroxylation sites is 1. The average Bonchev–Trinajstić information content (AvgIpc) is 3.16. The van der Waals surface area contributed by atoms with E-state index in [1.54, 1.807) is 0 Å². The zero-order chi connectivity index (χ0) is 23.4. The van der Waals surface area contributed by atoms with Crippen molar-refractivity contribution in [3.8, 4) is 22.3 Å². The van der Waals surface area contributed by atoms with Crippen LogP contribution in [0.3, 0.4) is 0 Å². The number of benzene rings is 4. The highest BCUT2D eigenvalue weighted by molar-refractivity contribution is 6.13. The Kier molecular flexibility index (Phi) is 4.97. The van der Waals surface area contributed by atoms with Crippen LogP contribution in [0.25, 0.3) is 44.2 Å². The van der Waals surface area contributed by atoms with Crippen LogP contribution in [0, 0.1) is 0 Å². The van der Waals surface area contributed by atoms with E-state index >= 15 is 0 Å². The minimum absolute atomic E-state index is 0.0314. The lowest BCUT2D eigenvalue weighted by Gasteiger charge is -2.27. The average molecular weight is 433 g/mol. The van der Waals surface area contributed by atoms with Crippen LogP contribution in [-0.2, 0) is 10.8 Å². The lowest BCUT2D eigenvalue weighted by atomic mass is 9.76. The normalized spacial score (nSPS) is 12.5. The van der Waals surface area contributed by atoms with Gasteiger partial charge in [0, 0.05) is 10.8 Å². The van der Waals surface area contributed by atoms with Crippen LogP contribution >= 0.6 is 0 Å². The SMILES string of the molecule is CC(C)(C)c1ccc(-c2cccc(-c3cccc4oc5ccccc5c34)c2C(C)(C)C)cc1. The summed E-state index contributed by atoms with van der Waals surface area (Å²) >= 11 is 0. The predicted octanol–water partition coefficient (Wildman–Crippen LogP) is 9.51. The molecule has 33 heavy (non-hydrogen) atoms. The van der Waals surface area contributed by atoms with Gasteiger partial charge in [-0.1, -0.05) is 114 Å². The van der Waals surface area contributed by atoms with Crippen molar-refractivity contribution in [1.29, 1.82) is 0 Å². The minimum atomic E-state index is -0.0314. The van der Waals surface area contributed by atoms with Gasteiger partial charge in [-0.15, -0.1) is 0 Å². The van der Waals surface area contributed by atoms with Gasteiger partial charge < -0.3 is 4.42 Å². The molecule has 0 aliphatic heterocycles. The van der Waals surface area contributed by atoms with Gasteiger partial charge in [0.05, 0.1) is 0 Å². The summed E-state index contributed by atoms with van der Waals surface area (Å²) < 4.78 is 6.20. The Morgan fingerprint density at radius 3 is 1.82 bits per heavy atom. The van der Waals surface area contributed by atoms with Crippen LogP contribution in [0.5, 0.6) is 0 Å². The molecule has 5 aromatic rings. The summed E-state index contributed by atoms with van der Waals surface area (Å²) in [6.45, 7) is 13.7. The Labute approximate surface area is 197 Å². The molecule has 4 aromatic carbocycles. The second kappa shape index (κ2) is 7.63. The third-order valence-electron chi connectivity index (χ3n) is 6.57. The maximum absolute atomic E-state index is 6.20. The van der Waals surface area contributed by atoms with E-state index in [0.717, 1.165) is 11.2 Å². The van der Waals surface area contributed by atoms with Crippen molar-refractivity contribution in [2.75, 3.05) is 0 Å². The van der Waals surface area contributed by atoms with E-state index in [4.69, 9.17) is 4.42 Å². The summed E-state index contributed by atoms with van der Waals surface area (Å²) in [6, 6.07) is 30.6. The number of rotatable bonds is 2. The fraction of sp³-hybridized carbons (Fsp3) is 0.250. The van der Waals surface area contributed by atoms with E-state index in [1.807, 2.05) is 6.07 Å². The Morgan fingerprint density at radius 2 is 1.12 bits per heavy atom. The van der Waals surface area contributed by atoms with Crippen LogP contribution in [-0.4, -0.2) is 0 Å². The maximum atomic E-state index is 6.20. The van der Waals surface area contributed by atoms with Crippen LogP contribution in [0.15, 0.2) is 89.3 Å². The third-order valence-corrected chi connectivity index (χ3v) is 6.57. The minimum Gasteiger partial charge on any atom is -0.456 e. The lowest BCUT2D eigenvalue weighted by molar-refractivity contribution is 0.589. The van der Waals surface area contributed by atoms with E-state index in [0.29, 0.717) is 0 Å². The molecule has 0 aliphatic rings. The molecule has 0 spiro atoms. The summed E-state index contributed by atoms with van der Waals surface area (Å²) in [5.41, 5.74) is 9.78. The number of fused-ring (bicyclic) bond motifs is 3. The van der Waals surface area contributed by atoms with Gasteiger partial charge >= 0.3 is 0 Å². The van der Waals surface area contributed by atoms with Gasteiger partial charge in [0.25, 0.3) is 0 Å². The fourth-order valence-corrected chi connectivity index (χ4v) is 4.97. The number of hydrogen-bond acceptors (Lipinski definition) is 1. The molecule has 1 aromatic heterocycles. The van der Waals surface area contributed by atoms with Crippen molar-refractivity contribution in [2.24, 2.45) is 0 Å². The Morgan fingerprint density at radius 1 is 0.515 bits per heavy atom. The van der Waals surface area contributed by atoms with Crippen LogP contribution in [0.4, 0.5) is 0 Å². The standard InChI is InChI=1S/C32H32O/c1-31(2,3)22-19-17-21(18-20-22)23-12-9-14-25(30(23)32(4,5)6)24-13-10-16-28-29(24)26-11-7-8-15-27(26)33-28/h7-20H,1-6H3. The van der Waals surface area contributed by atoms with Gasteiger partial charge in [0.15, 0.2) is 0 Å². The summed E-state index contributed by atoms with van der Waals surface area (Å²) in [5.74, 6) is 0. The Hall–Kier alpha value is -3.32. The molecule has 166 valence electrons. The first kappa shape index (κ1) is 21.5. The van der Waals surface area contributed by atoms with Gasteiger partial charge in [-0.05, 0) is 56.3 Å². The van der Waals surface area contributed by atoms with Crippen molar-refractivity contribution in [1.82, 2.24) is 0 Å². The summed E-state index contributed by atoms with van der Waals surface area (Å²) in [4.78, 5) is 0. The highest BCUT2D eigenvalue weighted by atomic mass is 16.3. The molecule has 0 radical (unpaired) electrons. The van der Waals surface area contributed by atoms with Gasteiger partial charge in [0.2, 0.25) is 0 Å². The van der Waals surface area contributed by atoms with Gasteiger partial charge in [0.1, 0.15) is 11.2 Å². The molecule has 1 heteroatoms. The molecule has 0 unspecified atom stereocenters. The number of furan rings is 1. The summed E-state index contributed by atoms with van der Waals surface area (Å²) in [5, 5.41) is 2.36. The zero-order valence-electron chi connectivity index (χ0n) is 20.5. The van der Waals surface area contributed by atoms with Crippen LogP contribution in [0.2, 0.25) is 0 Å². The molecule has 0 saturated carbocycles. The molecule has 1 nitrogen and oxygen atoms in total. The molecule has 1 heterocycles. The van der Waals surface area contributed by atoms with Crippen molar-refractivity contribution in [3.63, 3.8) is 0 Å². The molecule has 0 amide bonds. The van der Waals surface area contributed by atoms with E-state index in [9.17, 15) is 0 Å². The second-order valence-electron chi connectivity index (χ2n) is 11.1. The van der Waals surface area contributed by atoms with Crippen LogP contribution < -0.4 is 0 Å². The highest BCUT2D eigenvalue weighted by Crippen LogP contribution is 2.44. The first-order chi connectivity index (χ1) is 15.6. The maximum Gasteiger partial charge on any atom is 0.136 e. The third kappa shape index (κ3) is 3.76. The predicted molar refractivity (Wildman–Crippen MR) is 142 cm³/mol. The van der Waals surface area contributed by atoms with Crippen molar-refractivity contribution >= 4 is 21.9 Å². The Bertz CT molecular complexity index is 1450. The van der Waals surface area contributed by atoms with Gasteiger partial charge in [-0.25, -0.2) is 0 Å². The molecule has 0 atom stereocenters. The van der Waals surface area contributed by atoms with Crippen molar-refractivity contribution in [3.05, 3.63) is 96.1 Å². The summed E-state index contributed by atoms with van der Waals surface area (Å²) in [7, 11) is 0. The van der Waals surface area contributed by atoms with Gasteiger partial charge in [-0.3, -0.25) is 0 Å². The van der Waals surface area contributed by atoms with Crippen molar-refractivity contribution in [2.45, 2.75) is 52.4 Å². The lowest BCUT2D eigenvalue weighted by Crippen LogP contribution is -2.15. The van der Waals surface area contributed by atoms with E-state index in [-0.39, 0.29) is 10.8 Å². The molecule has 0 N–H and O–H groups in total. The summed E-state index contributed by atoms with van der Waals surface area (Å²) in [6.07, 6.45) is 0. The molecule has 0 bridgehead atoms. The molecule has 5 rings (SSSR count). The fourth-order valence-electron chi connectivity index (χ4n) is 4.97. The van der Waals surface area contributed by atoms with E-state index in [2.05, 4.69) is 120 Å². The second-order valence-corrected chi connectivity index (χ2v) is 11.1. The molecular formula is C32H32O. The Balaban J connectivity index is 1.79. The largest absolute Gasteiger partial charge is 0.456 e. The monoisotopic (exact) mass is 432 g/mol. The molecule has 0 fully saturated rings. The number of hydrogen-bond donors (Lipinski definition) is 0. The molecule has 0 saturated heterocycles. The quantitative estimate of drug-likeness (QED) is 0.271. The molecule has 0 aliphatic carbocycles. The van der Waals surface area contributed by atoms with E-state index < -0.39 is 0 Å². The highest BCUT2D eigenvalue weighted by Gasteiger charge is 2.25. The topological polar surface area (TPSA) is 13.1 Å². The van der Waals surface area contributed by atoms with Crippen molar-refractivity contribution < 1.29 is 4.42 Å². The van der Waals surface area contributed by atoms with E-state index in [1.165, 1.54) is 44.2 Å². The molecular weight excluding hydrogens is 400 g/mol. The first-order valence-corrected chi connectivity index (χ1v) is 11.8. The smallest absolute Gasteiger partial charge is 0.136 e. The first-order valence-electron chi connectivity index (χ1n) is 11.8. The zero-order valence-corrected chi connectivity index (χ0v) is 20.5. The van der Waals surface area contributed by atoms with Crippen LogP contribution in [0.1, 0.15) is 52.7 Å². The van der Waals surface area contributed by atoms with Gasteiger partial charge in [-0.2, -0.15) is 0 Å².